The lowest BCUT2D eigenvalue weighted by Crippen LogP contribution is -2.44. The highest BCUT2D eigenvalue weighted by Gasteiger charge is 2.38. The van der Waals surface area contributed by atoms with Crippen LogP contribution in [-0.4, -0.2) is 41.5 Å². The summed E-state index contributed by atoms with van der Waals surface area (Å²) in [7, 11) is 0. The Hall–Kier alpha value is -2.37. The first-order valence-electron chi connectivity index (χ1n) is 10.6. The van der Waals surface area contributed by atoms with E-state index in [4.69, 9.17) is 11.6 Å². The SMILES string of the molecule is O=c1nc(N2CCNCC2)c2cc(C(F)(F)F)c(-c3cc(Cl)c(F)cc3F)c3c2n1CCCS3. The molecule has 0 atom stereocenters. The second-order valence-corrected chi connectivity index (χ2v) is 9.59. The van der Waals surface area contributed by atoms with Crippen molar-refractivity contribution in [1.29, 1.82) is 0 Å². The van der Waals surface area contributed by atoms with Crippen LogP contribution in [0.5, 0.6) is 0 Å². The van der Waals surface area contributed by atoms with Crippen LogP contribution in [-0.2, 0) is 12.7 Å². The van der Waals surface area contributed by atoms with Crippen molar-refractivity contribution in [2.24, 2.45) is 0 Å². The molecule has 180 valence electrons. The molecule has 3 heterocycles. The molecule has 0 aliphatic carbocycles. The number of hydrogen-bond donors (Lipinski definition) is 1. The Bertz CT molecular complexity index is 1350. The highest BCUT2D eigenvalue weighted by molar-refractivity contribution is 7.99. The summed E-state index contributed by atoms with van der Waals surface area (Å²) in [5, 5.41) is 2.84. The number of hydrogen-bond acceptors (Lipinski definition) is 5. The molecule has 1 fully saturated rings. The Morgan fingerprint density at radius 1 is 1.06 bits per heavy atom. The van der Waals surface area contributed by atoms with Gasteiger partial charge in [-0.05, 0) is 24.3 Å². The number of halogens is 6. The third-order valence-electron chi connectivity index (χ3n) is 5.97. The number of alkyl halides is 3. The number of anilines is 1. The molecule has 0 saturated carbocycles. The van der Waals surface area contributed by atoms with Gasteiger partial charge in [-0.3, -0.25) is 4.57 Å². The molecule has 0 spiro atoms. The van der Waals surface area contributed by atoms with Crippen molar-refractivity contribution < 1.29 is 22.0 Å². The Balaban J connectivity index is 1.94. The van der Waals surface area contributed by atoms with Crippen molar-refractivity contribution in [3.05, 3.63) is 50.9 Å². The summed E-state index contributed by atoms with van der Waals surface area (Å²) < 4.78 is 73.3. The summed E-state index contributed by atoms with van der Waals surface area (Å²) in [6.45, 7) is 2.40. The monoisotopic (exact) mass is 516 g/mol. The van der Waals surface area contributed by atoms with E-state index in [9.17, 15) is 26.7 Å². The molecule has 34 heavy (non-hydrogen) atoms. The van der Waals surface area contributed by atoms with Gasteiger partial charge < -0.3 is 10.2 Å². The standard InChI is InChI=1S/C22H18ClF5N4OS/c23-14-9-11(15(24)10-16(14)25)17-13(22(26,27)28)8-12-18-19(17)34-7-1-4-32(18)21(33)30-20(12)31-5-2-29-3-6-31/h8-10,29H,1-7H2. The van der Waals surface area contributed by atoms with Crippen LogP contribution in [0.15, 0.2) is 27.9 Å². The van der Waals surface area contributed by atoms with Crippen LogP contribution in [0, 0.1) is 11.6 Å². The number of rotatable bonds is 2. The fourth-order valence-corrected chi connectivity index (χ4v) is 5.82. The molecule has 12 heteroatoms. The van der Waals surface area contributed by atoms with Gasteiger partial charge >= 0.3 is 11.9 Å². The van der Waals surface area contributed by atoms with Gasteiger partial charge in [-0.25, -0.2) is 13.6 Å². The van der Waals surface area contributed by atoms with Crippen molar-refractivity contribution >= 4 is 40.1 Å². The molecule has 1 N–H and O–H groups in total. The summed E-state index contributed by atoms with van der Waals surface area (Å²) in [6.07, 6.45) is -4.35. The Kier molecular flexibility index (Phi) is 5.97. The fraction of sp³-hybridized carbons (Fsp3) is 0.364. The maximum absolute atomic E-state index is 14.9. The second kappa shape index (κ2) is 8.69. The van der Waals surface area contributed by atoms with E-state index >= 15 is 0 Å². The van der Waals surface area contributed by atoms with E-state index in [2.05, 4.69) is 10.3 Å². The van der Waals surface area contributed by atoms with E-state index in [1.807, 2.05) is 0 Å². The van der Waals surface area contributed by atoms with E-state index < -0.39 is 45.2 Å². The molecule has 2 aromatic carbocycles. The quantitative estimate of drug-likeness (QED) is 0.387. The zero-order chi connectivity index (χ0) is 24.2. The summed E-state index contributed by atoms with van der Waals surface area (Å²) in [5.74, 6) is -1.66. The van der Waals surface area contributed by atoms with Gasteiger partial charge in [0, 0.05) is 60.2 Å². The van der Waals surface area contributed by atoms with Gasteiger partial charge in [0.15, 0.2) is 0 Å². The van der Waals surface area contributed by atoms with Crippen molar-refractivity contribution in [2.75, 3.05) is 36.8 Å². The topological polar surface area (TPSA) is 50.2 Å². The van der Waals surface area contributed by atoms with E-state index in [1.165, 1.54) is 4.57 Å². The lowest BCUT2D eigenvalue weighted by molar-refractivity contribution is -0.137. The van der Waals surface area contributed by atoms with E-state index in [0.29, 0.717) is 44.4 Å². The molecular weight excluding hydrogens is 499 g/mol. The zero-order valence-electron chi connectivity index (χ0n) is 17.6. The van der Waals surface area contributed by atoms with Crippen LogP contribution < -0.4 is 15.9 Å². The third kappa shape index (κ3) is 3.93. The first-order valence-corrected chi connectivity index (χ1v) is 12.0. The summed E-state index contributed by atoms with van der Waals surface area (Å²) in [4.78, 5) is 19.1. The molecule has 5 rings (SSSR count). The molecule has 0 amide bonds. The van der Waals surface area contributed by atoms with E-state index in [-0.39, 0.29) is 28.2 Å². The van der Waals surface area contributed by atoms with E-state index in [1.54, 1.807) is 4.90 Å². The minimum Gasteiger partial charge on any atom is -0.353 e. The first kappa shape index (κ1) is 23.4. The van der Waals surface area contributed by atoms with Crippen molar-refractivity contribution in [1.82, 2.24) is 14.9 Å². The van der Waals surface area contributed by atoms with Crippen molar-refractivity contribution in [2.45, 2.75) is 24.0 Å². The largest absolute Gasteiger partial charge is 0.417 e. The summed E-state index contributed by atoms with van der Waals surface area (Å²) >= 11 is 6.95. The third-order valence-corrected chi connectivity index (χ3v) is 7.44. The molecule has 1 aromatic heterocycles. The van der Waals surface area contributed by atoms with Gasteiger partial charge in [0.05, 0.1) is 16.1 Å². The lowest BCUT2D eigenvalue weighted by Gasteiger charge is -2.30. The first-order chi connectivity index (χ1) is 16.2. The van der Waals surface area contributed by atoms with Crippen LogP contribution in [0.1, 0.15) is 12.0 Å². The van der Waals surface area contributed by atoms with Crippen LogP contribution in [0.25, 0.3) is 22.0 Å². The maximum atomic E-state index is 14.9. The van der Waals surface area contributed by atoms with Gasteiger partial charge in [0.25, 0.3) is 0 Å². The van der Waals surface area contributed by atoms with Gasteiger partial charge in [-0.2, -0.15) is 18.2 Å². The molecule has 0 unspecified atom stereocenters. The summed E-state index contributed by atoms with van der Waals surface area (Å²) in [5.41, 5.74) is -2.30. The predicted octanol–water partition coefficient (Wildman–Crippen LogP) is 4.92. The molecule has 2 aliphatic rings. The minimum atomic E-state index is -4.86. The minimum absolute atomic E-state index is 0.111. The molecule has 0 radical (unpaired) electrons. The average molecular weight is 517 g/mol. The molecule has 0 bridgehead atoms. The van der Waals surface area contributed by atoms with E-state index in [0.717, 1.165) is 23.9 Å². The number of piperazine rings is 1. The number of thioether (sulfide) groups is 1. The number of aromatic nitrogens is 2. The number of benzene rings is 2. The average Bonchev–Trinajstić information content (AvgIpc) is 3.02. The fourth-order valence-electron chi connectivity index (χ4n) is 4.46. The van der Waals surface area contributed by atoms with Crippen LogP contribution in [0.4, 0.5) is 27.8 Å². The molecule has 2 aliphatic heterocycles. The molecule has 1 saturated heterocycles. The highest BCUT2D eigenvalue weighted by atomic mass is 35.5. The van der Waals surface area contributed by atoms with Crippen LogP contribution in [0.2, 0.25) is 5.02 Å². The van der Waals surface area contributed by atoms with Crippen LogP contribution >= 0.6 is 23.4 Å². The van der Waals surface area contributed by atoms with Crippen molar-refractivity contribution in [3.8, 4) is 11.1 Å². The Morgan fingerprint density at radius 3 is 2.50 bits per heavy atom. The molecule has 3 aromatic rings. The van der Waals surface area contributed by atoms with Crippen LogP contribution in [0.3, 0.4) is 0 Å². The van der Waals surface area contributed by atoms with Gasteiger partial charge in [-0.15, -0.1) is 11.8 Å². The van der Waals surface area contributed by atoms with Gasteiger partial charge in [0.2, 0.25) is 0 Å². The zero-order valence-corrected chi connectivity index (χ0v) is 19.2. The maximum Gasteiger partial charge on any atom is 0.417 e. The number of nitrogens with zero attached hydrogens (tertiary/aromatic N) is 3. The second-order valence-electron chi connectivity index (χ2n) is 8.08. The Morgan fingerprint density at radius 2 is 1.79 bits per heavy atom. The van der Waals surface area contributed by atoms with Crippen molar-refractivity contribution in [3.63, 3.8) is 0 Å². The van der Waals surface area contributed by atoms with Gasteiger partial charge in [-0.1, -0.05) is 11.6 Å². The normalized spacial score (nSPS) is 16.7. The Labute approximate surface area is 199 Å². The van der Waals surface area contributed by atoms with Gasteiger partial charge in [0.1, 0.15) is 17.5 Å². The predicted molar refractivity (Wildman–Crippen MR) is 122 cm³/mol. The number of aryl methyl sites for hydroxylation is 1. The highest BCUT2D eigenvalue weighted by Crippen LogP contribution is 2.49. The molecule has 5 nitrogen and oxygen atoms in total. The number of nitrogens with one attached hydrogen (secondary N) is 1. The summed E-state index contributed by atoms with van der Waals surface area (Å²) in [6, 6.07) is 2.27. The lowest BCUT2D eigenvalue weighted by atomic mass is 9.95. The smallest absolute Gasteiger partial charge is 0.353 e. The molecular formula is C22H18ClF5N4OS.